The van der Waals surface area contributed by atoms with E-state index < -0.39 is 6.10 Å². The summed E-state index contributed by atoms with van der Waals surface area (Å²) in [6.07, 6.45) is -0.723. The molecule has 1 heterocycles. The van der Waals surface area contributed by atoms with Crippen molar-refractivity contribution in [1.29, 1.82) is 0 Å². The zero-order valence-electron chi connectivity index (χ0n) is 7.95. The molecule has 0 saturated heterocycles. The van der Waals surface area contributed by atoms with Gasteiger partial charge < -0.3 is 5.11 Å². The standard InChI is InChI=1S/C11H7BrCl2OS/c12-8-5-6(13)1-2-7(8)10(15)11-9(14)3-4-16-11/h1-5,10,15H. The molecule has 1 atom stereocenters. The average molecular weight is 338 g/mol. The van der Waals surface area contributed by atoms with E-state index in [2.05, 4.69) is 15.9 Å². The van der Waals surface area contributed by atoms with Crippen molar-refractivity contribution >= 4 is 50.5 Å². The van der Waals surface area contributed by atoms with E-state index in [4.69, 9.17) is 23.2 Å². The summed E-state index contributed by atoms with van der Waals surface area (Å²) >= 11 is 16.6. The second-order valence-electron chi connectivity index (χ2n) is 3.20. The van der Waals surface area contributed by atoms with E-state index in [1.807, 2.05) is 5.38 Å². The molecule has 0 saturated carbocycles. The first-order valence-electron chi connectivity index (χ1n) is 4.45. The van der Waals surface area contributed by atoms with Gasteiger partial charge in [0.15, 0.2) is 0 Å². The van der Waals surface area contributed by atoms with Gasteiger partial charge in [0.2, 0.25) is 0 Å². The van der Waals surface area contributed by atoms with Gasteiger partial charge in [-0.3, -0.25) is 0 Å². The molecule has 0 aliphatic rings. The Morgan fingerprint density at radius 3 is 2.56 bits per heavy atom. The Morgan fingerprint density at radius 1 is 1.25 bits per heavy atom. The molecular weight excluding hydrogens is 331 g/mol. The minimum absolute atomic E-state index is 0.583. The van der Waals surface area contributed by atoms with Gasteiger partial charge in [0.1, 0.15) is 6.10 Å². The largest absolute Gasteiger partial charge is 0.383 e. The van der Waals surface area contributed by atoms with E-state index in [9.17, 15) is 5.11 Å². The molecule has 2 rings (SSSR count). The maximum atomic E-state index is 10.2. The summed E-state index contributed by atoms with van der Waals surface area (Å²) in [5.74, 6) is 0. The van der Waals surface area contributed by atoms with Gasteiger partial charge >= 0.3 is 0 Å². The second kappa shape index (κ2) is 5.07. The third kappa shape index (κ3) is 2.44. The maximum absolute atomic E-state index is 10.2. The quantitative estimate of drug-likeness (QED) is 0.826. The maximum Gasteiger partial charge on any atom is 0.116 e. The van der Waals surface area contributed by atoms with Crippen molar-refractivity contribution in [2.24, 2.45) is 0 Å². The lowest BCUT2D eigenvalue weighted by molar-refractivity contribution is 0.223. The number of hydrogen-bond acceptors (Lipinski definition) is 2. The van der Waals surface area contributed by atoms with Crippen molar-refractivity contribution < 1.29 is 5.11 Å². The summed E-state index contributed by atoms with van der Waals surface area (Å²) in [4.78, 5) is 0.740. The Bertz CT molecular complexity index is 512. The number of aliphatic hydroxyl groups is 1. The van der Waals surface area contributed by atoms with Crippen LogP contribution in [-0.2, 0) is 0 Å². The fourth-order valence-corrected chi connectivity index (χ4v) is 3.43. The van der Waals surface area contributed by atoms with Crippen molar-refractivity contribution in [2.45, 2.75) is 6.10 Å². The number of hydrogen-bond donors (Lipinski definition) is 1. The smallest absolute Gasteiger partial charge is 0.116 e. The summed E-state index contributed by atoms with van der Waals surface area (Å²) in [5.41, 5.74) is 0.758. The van der Waals surface area contributed by atoms with Gasteiger partial charge in [0, 0.05) is 15.1 Å². The summed E-state index contributed by atoms with van der Waals surface area (Å²) in [7, 11) is 0. The van der Waals surface area contributed by atoms with E-state index in [-0.39, 0.29) is 0 Å². The van der Waals surface area contributed by atoms with Gasteiger partial charge in [-0.05, 0) is 23.6 Å². The highest BCUT2D eigenvalue weighted by molar-refractivity contribution is 9.10. The first kappa shape index (κ1) is 12.4. The Balaban J connectivity index is 2.41. The lowest BCUT2D eigenvalue weighted by Crippen LogP contribution is -1.98. The predicted octanol–water partition coefficient (Wildman–Crippen LogP) is 4.90. The summed E-state index contributed by atoms with van der Waals surface area (Å²) in [6, 6.07) is 7.05. The molecule has 0 aliphatic heterocycles. The lowest BCUT2D eigenvalue weighted by atomic mass is 10.1. The zero-order chi connectivity index (χ0) is 11.7. The SMILES string of the molecule is OC(c1ccc(Cl)cc1Br)c1sccc1Cl. The molecule has 0 aliphatic carbocycles. The zero-order valence-corrected chi connectivity index (χ0v) is 11.9. The van der Waals surface area contributed by atoms with Crippen LogP contribution in [0.4, 0.5) is 0 Å². The van der Waals surface area contributed by atoms with Gasteiger partial charge in [-0.2, -0.15) is 0 Å². The first-order valence-corrected chi connectivity index (χ1v) is 6.88. The third-order valence-electron chi connectivity index (χ3n) is 2.15. The van der Waals surface area contributed by atoms with Crippen LogP contribution in [0.2, 0.25) is 10.0 Å². The molecule has 1 aromatic carbocycles. The molecule has 1 N–H and O–H groups in total. The highest BCUT2D eigenvalue weighted by atomic mass is 79.9. The van der Waals surface area contributed by atoms with Crippen molar-refractivity contribution in [1.82, 2.24) is 0 Å². The third-order valence-corrected chi connectivity index (χ3v) is 4.48. The van der Waals surface area contributed by atoms with E-state index in [1.54, 1.807) is 24.3 Å². The van der Waals surface area contributed by atoms with Crippen LogP contribution in [0.15, 0.2) is 34.1 Å². The molecule has 0 fully saturated rings. The molecule has 16 heavy (non-hydrogen) atoms. The van der Waals surface area contributed by atoms with E-state index in [0.29, 0.717) is 10.0 Å². The minimum atomic E-state index is -0.723. The molecule has 1 aromatic heterocycles. The Hall–Kier alpha value is -0.0600. The van der Waals surface area contributed by atoms with E-state index in [0.717, 1.165) is 14.9 Å². The van der Waals surface area contributed by atoms with Crippen LogP contribution in [-0.4, -0.2) is 5.11 Å². The number of halogens is 3. The number of rotatable bonds is 2. The number of benzene rings is 1. The second-order valence-corrected chi connectivity index (χ2v) is 5.85. The topological polar surface area (TPSA) is 20.2 Å². The van der Waals surface area contributed by atoms with E-state index in [1.165, 1.54) is 11.3 Å². The first-order chi connectivity index (χ1) is 7.59. The van der Waals surface area contributed by atoms with Crippen LogP contribution in [0.3, 0.4) is 0 Å². The number of thiophene rings is 1. The minimum Gasteiger partial charge on any atom is -0.383 e. The average Bonchev–Trinajstić information content (AvgIpc) is 2.63. The predicted molar refractivity (Wildman–Crippen MR) is 72.5 cm³/mol. The fraction of sp³-hybridized carbons (Fsp3) is 0.0909. The Kier molecular flexibility index (Phi) is 3.93. The van der Waals surface area contributed by atoms with Crippen LogP contribution in [0.25, 0.3) is 0 Å². The van der Waals surface area contributed by atoms with Gasteiger partial charge in [-0.1, -0.05) is 45.2 Å². The molecule has 0 bridgehead atoms. The molecule has 0 radical (unpaired) electrons. The van der Waals surface area contributed by atoms with Gasteiger partial charge in [0.05, 0.1) is 9.90 Å². The van der Waals surface area contributed by atoms with Gasteiger partial charge in [0.25, 0.3) is 0 Å². The summed E-state index contributed by atoms with van der Waals surface area (Å²) < 4.78 is 0.775. The molecule has 84 valence electrons. The molecule has 0 amide bonds. The molecule has 2 aromatic rings. The van der Waals surface area contributed by atoms with Crippen LogP contribution in [0.5, 0.6) is 0 Å². The van der Waals surface area contributed by atoms with Crippen LogP contribution in [0.1, 0.15) is 16.5 Å². The van der Waals surface area contributed by atoms with Crippen molar-refractivity contribution in [3.05, 3.63) is 54.6 Å². The molecule has 0 spiro atoms. The molecule has 1 unspecified atom stereocenters. The highest BCUT2D eigenvalue weighted by Crippen LogP contribution is 2.36. The molecule has 5 heteroatoms. The summed E-state index contributed by atoms with van der Waals surface area (Å²) in [6.45, 7) is 0. The number of aliphatic hydroxyl groups excluding tert-OH is 1. The van der Waals surface area contributed by atoms with Gasteiger partial charge in [-0.25, -0.2) is 0 Å². The molecular formula is C11H7BrCl2OS. The van der Waals surface area contributed by atoms with E-state index >= 15 is 0 Å². The normalized spacial score (nSPS) is 12.8. The van der Waals surface area contributed by atoms with Crippen molar-refractivity contribution in [3.63, 3.8) is 0 Å². The highest BCUT2D eigenvalue weighted by Gasteiger charge is 2.17. The van der Waals surface area contributed by atoms with Gasteiger partial charge in [-0.15, -0.1) is 11.3 Å². The van der Waals surface area contributed by atoms with Crippen molar-refractivity contribution in [2.75, 3.05) is 0 Å². The Morgan fingerprint density at radius 2 is 2.00 bits per heavy atom. The fourth-order valence-electron chi connectivity index (χ4n) is 1.37. The van der Waals surface area contributed by atoms with Crippen LogP contribution >= 0.6 is 50.5 Å². The van der Waals surface area contributed by atoms with Crippen molar-refractivity contribution in [3.8, 4) is 0 Å². The van der Waals surface area contributed by atoms with Crippen LogP contribution < -0.4 is 0 Å². The summed E-state index contributed by atoms with van der Waals surface area (Å²) in [5, 5.41) is 13.2. The monoisotopic (exact) mass is 336 g/mol. The Labute approximate surface area is 116 Å². The lowest BCUT2D eigenvalue weighted by Gasteiger charge is -2.12. The molecule has 1 nitrogen and oxygen atoms in total. The van der Waals surface area contributed by atoms with Crippen LogP contribution in [0, 0.1) is 0 Å².